The van der Waals surface area contributed by atoms with Crippen LogP contribution in [-0.4, -0.2) is 54.1 Å². The largest absolute Gasteiger partial charge is 0.444 e. The molecule has 0 radical (unpaired) electrons. The van der Waals surface area contributed by atoms with Crippen LogP contribution in [0.4, 0.5) is 4.79 Å². The minimum absolute atomic E-state index is 0.0194. The van der Waals surface area contributed by atoms with Gasteiger partial charge in [-0.1, -0.05) is 30.3 Å². The average molecular weight is 373 g/mol. The molecular formula is C22H32N2O3. The zero-order chi connectivity index (χ0) is 20.0. The number of carbonyl (C=O) groups excluding carboxylic acids is 2. The van der Waals surface area contributed by atoms with Crippen LogP contribution in [0.25, 0.3) is 5.57 Å². The van der Waals surface area contributed by atoms with Crippen LogP contribution >= 0.6 is 0 Å². The lowest BCUT2D eigenvalue weighted by molar-refractivity contribution is -0.125. The Labute approximate surface area is 163 Å². The number of likely N-dealkylation sites (tertiary alicyclic amines) is 1. The first-order valence-electron chi connectivity index (χ1n) is 9.62. The van der Waals surface area contributed by atoms with Gasteiger partial charge in [0.1, 0.15) is 5.60 Å². The summed E-state index contributed by atoms with van der Waals surface area (Å²) in [6.45, 7) is 9.66. The molecule has 1 fully saturated rings. The van der Waals surface area contributed by atoms with Crippen LogP contribution in [0.5, 0.6) is 0 Å². The molecule has 5 nitrogen and oxygen atoms in total. The zero-order valence-corrected chi connectivity index (χ0v) is 17.2. The third-order valence-corrected chi connectivity index (χ3v) is 4.74. The molecule has 0 spiro atoms. The molecule has 0 unspecified atom stereocenters. The standard InChI is InChI=1S/C22H32N2O3/c1-17(19-9-7-6-8-10-19)15-20(25)23(5)16-18-11-13-24(14-12-18)21(26)27-22(2,3)4/h6-10,15,18H,11-14,16H2,1-5H3/b17-15+. The molecule has 1 saturated heterocycles. The number of nitrogens with zero attached hydrogens (tertiary/aromatic N) is 2. The Morgan fingerprint density at radius 3 is 2.33 bits per heavy atom. The van der Waals surface area contributed by atoms with E-state index in [0.717, 1.165) is 24.0 Å². The average Bonchev–Trinajstić information content (AvgIpc) is 2.61. The SMILES string of the molecule is C/C(=C\C(=O)N(C)CC1CCN(C(=O)OC(C)(C)C)CC1)c1ccccc1. The summed E-state index contributed by atoms with van der Waals surface area (Å²) in [5, 5.41) is 0. The molecule has 148 valence electrons. The quantitative estimate of drug-likeness (QED) is 0.745. The molecular weight excluding hydrogens is 340 g/mol. The number of rotatable bonds is 4. The fraction of sp³-hybridized carbons (Fsp3) is 0.545. The highest BCUT2D eigenvalue weighted by Crippen LogP contribution is 2.21. The number of piperidine rings is 1. The molecule has 5 heteroatoms. The summed E-state index contributed by atoms with van der Waals surface area (Å²) >= 11 is 0. The Morgan fingerprint density at radius 1 is 1.19 bits per heavy atom. The van der Waals surface area contributed by atoms with Crippen LogP contribution in [0.15, 0.2) is 36.4 Å². The predicted molar refractivity (Wildman–Crippen MR) is 108 cm³/mol. The maximum absolute atomic E-state index is 12.5. The van der Waals surface area contributed by atoms with E-state index in [9.17, 15) is 9.59 Å². The minimum atomic E-state index is -0.469. The number of carbonyl (C=O) groups is 2. The second-order valence-electron chi connectivity index (χ2n) is 8.32. The summed E-state index contributed by atoms with van der Waals surface area (Å²) in [5.41, 5.74) is 1.56. The fourth-order valence-corrected chi connectivity index (χ4v) is 3.18. The van der Waals surface area contributed by atoms with E-state index in [0.29, 0.717) is 25.6 Å². The van der Waals surface area contributed by atoms with Gasteiger partial charge in [0.2, 0.25) is 5.91 Å². The summed E-state index contributed by atoms with van der Waals surface area (Å²) in [7, 11) is 1.84. The molecule has 1 aromatic carbocycles. The topological polar surface area (TPSA) is 49.9 Å². The molecule has 27 heavy (non-hydrogen) atoms. The van der Waals surface area contributed by atoms with Crippen LogP contribution in [0.1, 0.15) is 46.1 Å². The molecule has 0 atom stereocenters. The van der Waals surface area contributed by atoms with E-state index < -0.39 is 5.60 Å². The fourth-order valence-electron chi connectivity index (χ4n) is 3.18. The summed E-state index contributed by atoms with van der Waals surface area (Å²) < 4.78 is 5.43. The van der Waals surface area contributed by atoms with Crippen LogP contribution in [0, 0.1) is 5.92 Å². The molecule has 2 rings (SSSR count). The van der Waals surface area contributed by atoms with Crippen LogP contribution in [0.3, 0.4) is 0 Å². The van der Waals surface area contributed by atoms with Crippen LogP contribution < -0.4 is 0 Å². The normalized spacial score (nSPS) is 16.2. The Morgan fingerprint density at radius 2 is 1.78 bits per heavy atom. The Hall–Kier alpha value is -2.30. The maximum Gasteiger partial charge on any atom is 0.410 e. The summed E-state index contributed by atoms with van der Waals surface area (Å²) in [6.07, 6.45) is 3.23. The van der Waals surface area contributed by atoms with Gasteiger partial charge in [0.25, 0.3) is 0 Å². The second-order valence-corrected chi connectivity index (χ2v) is 8.32. The Kier molecular flexibility index (Phi) is 7.05. The first kappa shape index (κ1) is 21.0. The molecule has 1 aliphatic heterocycles. The van der Waals surface area contributed by atoms with Gasteiger partial charge in [-0.15, -0.1) is 0 Å². The monoisotopic (exact) mass is 372 g/mol. The first-order chi connectivity index (χ1) is 12.7. The van der Waals surface area contributed by atoms with Crippen molar-refractivity contribution in [3.8, 4) is 0 Å². The van der Waals surface area contributed by atoms with Gasteiger partial charge < -0.3 is 14.5 Å². The molecule has 1 aliphatic rings. The molecule has 0 aliphatic carbocycles. The van der Waals surface area contributed by atoms with E-state index in [1.165, 1.54) is 0 Å². The van der Waals surface area contributed by atoms with Crippen molar-refractivity contribution in [2.24, 2.45) is 5.92 Å². The van der Waals surface area contributed by atoms with Crippen molar-refractivity contribution < 1.29 is 14.3 Å². The lowest BCUT2D eigenvalue weighted by atomic mass is 9.96. The molecule has 0 bridgehead atoms. The van der Waals surface area contributed by atoms with E-state index in [1.54, 1.807) is 15.9 Å². The highest BCUT2D eigenvalue weighted by atomic mass is 16.6. The molecule has 0 saturated carbocycles. The van der Waals surface area contributed by atoms with E-state index in [-0.39, 0.29) is 12.0 Å². The Balaban J connectivity index is 1.82. The molecule has 0 N–H and O–H groups in total. The highest BCUT2D eigenvalue weighted by molar-refractivity contribution is 5.94. The number of hydrogen-bond donors (Lipinski definition) is 0. The van der Waals surface area contributed by atoms with E-state index in [2.05, 4.69) is 0 Å². The third kappa shape index (κ3) is 6.74. The lowest BCUT2D eigenvalue weighted by Crippen LogP contribution is -2.43. The highest BCUT2D eigenvalue weighted by Gasteiger charge is 2.27. The van der Waals surface area contributed by atoms with Gasteiger partial charge in [0.15, 0.2) is 0 Å². The zero-order valence-electron chi connectivity index (χ0n) is 17.2. The number of ether oxygens (including phenoxy) is 1. The van der Waals surface area contributed by atoms with Gasteiger partial charge in [0, 0.05) is 32.8 Å². The Bertz CT molecular complexity index is 669. The van der Waals surface area contributed by atoms with Gasteiger partial charge >= 0.3 is 6.09 Å². The number of likely N-dealkylation sites (N-methyl/N-ethyl adjacent to an activating group) is 1. The van der Waals surface area contributed by atoms with Crippen molar-refractivity contribution in [1.29, 1.82) is 0 Å². The van der Waals surface area contributed by atoms with Gasteiger partial charge in [0.05, 0.1) is 0 Å². The van der Waals surface area contributed by atoms with Crippen molar-refractivity contribution in [3.63, 3.8) is 0 Å². The molecule has 1 heterocycles. The van der Waals surface area contributed by atoms with Gasteiger partial charge in [-0.25, -0.2) is 4.79 Å². The first-order valence-corrected chi connectivity index (χ1v) is 9.62. The van der Waals surface area contributed by atoms with Gasteiger partial charge in [-0.2, -0.15) is 0 Å². The maximum atomic E-state index is 12.5. The van der Waals surface area contributed by atoms with Crippen molar-refractivity contribution in [3.05, 3.63) is 42.0 Å². The van der Waals surface area contributed by atoms with Crippen molar-refractivity contribution >= 4 is 17.6 Å². The second kappa shape index (κ2) is 9.07. The summed E-state index contributed by atoms with van der Waals surface area (Å²) in [5.74, 6) is 0.425. The van der Waals surface area contributed by atoms with Crippen molar-refractivity contribution in [1.82, 2.24) is 9.80 Å². The number of hydrogen-bond acceptors (Lipinski definition) is 3. The van der Waals surface area contributed by atoms with Gasteiger partial charge in [-0.05, 0) is 57.6 Å². The molecule has 2 amide bonds. The summed E-state index contributed by atoms with van der Waals surface area (Å²) in [6, 6.07) is 9.92. The number of amides is 2. The van der Waals surface area contributed by atoms with E-state index >= 15 is 0 Å². The smallest absolute Gasteiger partial charge is 0.410 e. The molecule has 1 aromatic rings. The number of allylic oxidation sites excluding steroid dienone is 1. The van der Waals surface area contributed by atoms with Crippen LogP contribution in [0.2, 0.25) is 0 Å². The van der Waals surface area contributed by atoms with Crippen molar-refractivity contribution in [2.75, 3.05) is 26.7 Å². The van der Waals surface area contributed by atoms with E-state index in [4.69, 9.17) is 4.74 Å². The number of benzene rings is 1. The van der Waals surface area contributed by atoms with Crippen molar-refractivity contribution in [2.45, 2.75) is 46.1 Å². The third-order valence-electron chi connectivity index (χ3n) is 4.74. The summed E-state index contributed by atoms with van der Waals surface area (Å²) in [4.78, 5) is 28.2. The predicted octanol–water partition coefficient (Wildman–Crippen LogP) is 4.20. The minimum Gasteiger partial charge on any atom is -0.444 e. The van der Waals surface area contributed by atoms with Gasteiger partial charge in [-0.3, -0.25) is 4.79 Å². The lowest BCUT2D eigenvalue weighted by Gasteiger charge is -2.34. The van der Waals surface area contributed by atoms with E-state index in [1.807, 2.05) is 65.1 Å². The van der Waals surface area contributed by atoms with Crippen LogP contribution in [-0.2, 0) is 9.53 Å². The molecule has 0 aromatic heterocycles.